The fourth-order valence-electron chi connectivity index (χ4n) is 1.61. The van der Waals surface area contributed by atoms with Gasteiger partial charge in [-0.3, -0.25) is 4.79 Å². The fraction of sp³-hybridized carbons (Fsp3) is 0.125. The van der Waals surface area contributed by atoms with Gasteiger partial charge < -0.3 is 4.74 Å². The van der Waals surface area contributed by atoms with Gasteiger partial charge >= 0.3 is 0 Å². The van der Waals surface area contributed by atoms with Crippen molar-refractivity contribution in [1.82, 2.24) is 5.43 Å². The third kappa shape index (κ3) is 4.66. The van der Waals surface area contributed by atoms with Crippen molar-refractivity contribution in [2.75, 3.05) is 6.61 Å². The lowest BCUT2D eigenvalue weighted by Crippen LogP contribution is -2.25. The lowest BCUT2D eigenvalue weighted by atomic mass is 10.1. The molecule has 2 rings (SSSR count). The number of benzene rings is 2. The highest BCUT2D eigenvalue weighted by Crippen LogP contribution is 2.10. The van der Waals surface area contributed by atoms with E-state index >= 15 is 0 Å². The minimum absolute atomic E-state index is 0.244. The van der Waals surface area contributed by atoms with Gasteiger partial charge in [-0.15, -0.1) is 0 Å². The van der Waals surface area contributed by atoms with Crippen molar-refractivity contribution in [3.8, 4) is 5.75 Å². The van der Waals surface area contributed by atoms with Crippen LogP contribution < -0.4 is 10.2 Å². The van der Waals surface area contributed by atoms with Gasteiger partial charge in [-0.1, -0.05) is 12.1 Å². The maximum absolute atomic E-state index is 12.8. The summed E-state index contributed by atoms with van der Waals surface area (Å²) in [7, 11) is 0. The molecule has 114 valence electrons. The molecular weight excluding hydrogens is 290 g/mol. The van der Waals surface area contributed by atoms with Crippen LogP contribution in [0.5, 0.6) is 5.75 Å². The summed E-state index contributed by atoms with van der Waals surface area (Å²) in [5.74, 6) is -0.786. The lowest BCUT2D eigenvalue weighted by Gasteiger charge is -2.05. The standard InChI is InChI=1S/C16H14F2N2O2/c1-11(12-2-4-13(17)5-3-12)19-20-16(21)10-22-15-8-6-14(18)7-9-15/h2-9H,10H2,1H3,(H,20,21)/b19-11-. The van der Waals surface area contributed by atoms with E-state index in [4.69, 9.17) is 4.74 Å². The quantitative estimate of drug-likeness (QED) is 0.682. The van der Waals surface area contributed by atoms with Crippen LogP contribution in [0.1, 0.15) is 12.5 Å². The number of hydrogen-bond donors (Lipinski definition) is 1. The first kappa shape index (κ1) is 15.6. The average Bonchev–Trinajstić information content (AvgIpc) is 2.52. The number of nitrogens with one attached hydrogen (secondary N) is 1. The predicted molar refractivity (Wildman–Crippen MR) is 78.6 cm³/mol. The molecular formula is C16H14F2N2O2. The van der Waals surface area contributed by atoms with Gasteiger partial charge in [0.05, 0.1) is 5.71 Å². The van der Waals surface area contributed by atoms with E-state index in [1.54, 1.807) is 19.1 Å². The Morgan fingerprint density at radius 3 is 2.18 bits per heavy atom. The summed E-state index contributed by atoms with van der Waals surface area (Å²) in [6.07, 6.45) is 0. The van der Waals surface area contributed by atoms with Gasteiger partial charge in [-0.2, -0.15) is 5.10 Å². The van der Waals surface area contributed by atoms with E-state index in [-0.39, 0.29) is 18.2 Å². The molecule has 0 fully saturated rings. The summed E-state index contributed by atoms with van der Waals surface area (Å²) < 4.78 is 30.7. The molecule has 0 aromatic heterocycles. The van der Waals surface area contributed by atoms with Gasteiger partial charge in [0.1, 0.15) is 17.4 Å². The Hall–Kier alpha value is -2.76. The molecule has 0 aliphatic carbocycles. The Balaban J connectivity index is 1.85. The largest absolute Gasteiger partial charge is 0.484 e. The maximum atomic E-state index is 12.8. The molecule has 0 atom stereocenters. The first-order chi connectivity index (χ1) is 10.5. The highest BCUT2D eigenvalue weighted by atomic mass is 19.1. The molecule has 0 unspecified atom stereocenters. The zero-order chi connectivity index (χ0) is 15.9. The molecule has 22 heavy (non-hydrogen) atoms. The van der Waals surface area contributed by atoms with Gasteiger partial charge in [0, 0.05) is 0 Å². The van der Waals surface area contributed by atoms with E-state index in [2.05, 4.69) is 10.5 Å². The number of nitrogens with zero attached hydrogens (tertiary/aromatic N) is 1. The second-order valence-corrected chi connectivity index (χ2v) is 4.48. The van der Waals surface area contributed by atoms with E-state index in [0.29, 0.717) is 17.0 Å². The van der Waals surface area contributed by atoms with Gasteiger partial charge in [-0.25, -0.2) is 14.2 Å². The molecule has 1 N–H and O–H groups in total. The number of hydrazone groups is 1. The van der Waals surface area contributed by atoms with Gasteiger partial charge in [0.2, 0.25) is 0 Å². The lowest BCUT2D eigenvalue weighted by molar-refractivity contribution is -0.123. The van der Waals surface area contributed by atoms with Crippen LogP contribution in [0.2, 0.25) is 0 Å². The van der Waals surface area contributed by atoms with Crippen LogP contribution in [0.3, 0.4) is 0 Å². The van der Waals surface area contributed by atoms with Crippen LogP contribution >= 0.6 is 0 Å². The first-order valence-corrected chi connectivity index (χ1v) is 6.52. The zero-order valence-electron chi connectivity index (χ0n) is 11.8. The number of carbonyl (C=O) groups excluding carboxylic acids is 1. The Labute approximate surface area is 126 Å². The average molecular weight is 304 g/mol. The third-order valence-electron chi connectivity index (χ3n) is 2.79. The molecule has 0 bridgehead atoms. The Kier molecular flexibility index (Phi) is 5.19. The number of hydrogen-bond acceptors (Lipinski definition) is 3. The van der Waals surface area contributed by atoms with Crippen molar-refractivity contribution in [2.24, 2.45) is 5.10 Å². The molecule has 6 heteroatoms. The number of rotatable bonds is 5. The van der Waals surface area contributed by atoms with Gasteiger partial charge in [-0.05, 0) is 48.9 Å². The molecule has 0 spiro atoms. The molecule has 0 saturated heterocycles. The molecule has 0 saturated carbocycles. The van der Waals surface area contributed by atoms with Crippen LogP contribution in [0.15, 0.2) is 53.6 Å². The summed E-state index contributed by atoms with van der Waals surface area (Å²) in [6, 6.07) is 11.1. The smallest absolute Gasteiger partial charge is 0.277 e. The molecule has 1 amide bonds. The topological polar surface area (TPSA) is 50.7 Å². The van der Waals surface area contributed by atoms with Crippen molar-refractivity contribution in [3.05, 3.63) is 65.7 Å². The molecule has 0 radical (unpaired) electrons. The minimum Gasteiger partial charge on any atom is -0.484 e. The monoisotopic (exact) mass is 304 g/mol. The van der Waals surface area contributed by atoms with Gasteiger partial charge in [0.15, 0.2) is 6.61 Å². The highest BCUT2D eigenvalue weighted by molar-refractivity contribution is 5.99. The normalized spacial score (nSPS) is 11.1. The van der Waals surface area contributed by atoms with Gasteiger partial charge in [0.25, 0.3) is 5.91 Å². The van der Waals surface area contributed by atoms with E-state index in [1.165, 1.54) is 36.4 Å². The second kappa shape index (κ2) is 7.31. The number of ether oxygens (including phenoxy) is 1. The first-order valence-electron chi connectivity index (χ1n) is 6.52. The van der Waals surface area contributed by atoms with E-state index < -0.39 is 5.91 Å². The molecule has 0 aliphatic heterocycles. The van der Waals surface area contributed by atoms with Crippen molar-refractivity contribution < 1.29 is 18.3 Å². The number of carbonyl (C=O) groups is 1. The molecule has 0 heterocycles. The summed E-state index contributed by atoms with van der Waals surface area (Å²) >= 11 is 0. The molecule has 2 aromatic rings. The number of halogens is 2. The maximum Gasteiger partial charge on any atom is 0.277 e. The SMILES string of the molecule is C/C(=N/NC(=O)COc1ccc(F)cc1)c1ccc(F)cc1. The van der Waals surface area contributed by atoms with Crippen molar-refractivity contribution in [3.63, 3.8) is 0 Å². The van der Waals surface area contributed by atoms with Crippen LogP contribution in [-0.2, 0) is 4.79 Å². The predicted octanol–water partition coefficient (Wildman–Crippen LogP) is 2.88. The summed E-state index contributed by atoms with van der Waals surface area (Å²) in [5.41, 5.74) is 3.57. The molecule has 4 nitrogen and oxygen atoms in total. The van der Waals surface area contributed by atoms with E-state index in [0.717, 1.165) is 0 Å². The zero-order valence-corrected chi connectivity index (χ0v) is 11.8. The summed E-state index contributed by atoms with van der Waals surface area (Å²) in [5, 5.41) is 3.91. The van der Waals surface area contributed by atoms with E-state index in [1.807, 2.05) is 0 Å². The summed E-state index contributed by atoms with van der Waals surface area (Å²) in [4.78, 5) is 11.6. The van der Waals surface area contributed by atoms with Crippen LogP contribution in [0.4, 0.5) is 8.78 Å². The van der Waals surface area contributed by atoms with Crippen molar-refractivity contribution in [2.45, 2.75) is 6.92 Å². The number of amides is 1. The Morgan fingerprint density at radius 2 is 1.59 bits per heavy atom. The second-order valence-electron chi connectivity index (χ2n) is 4.48. The van der Waals surface area contributed by atoms with E-state index in [9.17, 15) is 13.6 Å². The van der Waals surface area contributed by atoms with Crippen LogP contribution in [0.25, 0.3) is 0 Å². The minimum atomic E-state index is -0.453. The Morgan fingerprint density at radius 1 is 1.05 bits per heavy atom. The molecule has 2 aromatic carbocycles. The van der Waals surface area contributed by atoms with Crippen molar-refractivity contribution >= 4 is 11.6 Å². The highest BCUT2D eigenvalue weighted by Gasteiger charge is 2.03. The third-order valence-corrected chi connectivity index (χ3v) is 2.79. The van der Waals surface area contributed by atoms with Crippen LogP contribution in [-0.4, -0.2) is 18.2 Å². The fourth-order valence-corrected chi connectivity index (χ4v) is 1.61. The van der Waals surface area contributed by atoms with Crippen LogP contribution in [0, 0.1) is 11.6 Å². The Bertz CT molecular complexity index is 668. The summed E-state index contributed by atoms with van der Waals surface area (Å²) in [6.45, 7) is 1.44. The van der Waals surface area contributed by atoms with Crippen molar-refractivity contribution in [1.29, 1.82) is 0 Å². The molecule has 0 aliphatic rings.